The van der Waals surface area contributed by atoms with Crippen molar-refractivity contribution in [1.29, 1.82) is 0 Å². The van der Waals surface area contributed by atoms with Gasteiger partial charge < -0.3 is 10.1 Å². The zero-order valence-electron chi connectivity index (χ0n) is 16.9. The average molecular weight is 405 g/mol. The van der Waals surface area contributed by atoms with Gasteiger partial charge in [-0.3, -0.25) is 4.57 Å². The van der Waals surface area contributed by atoms with Crippen molar-refractivity contribution in [2.45, 2.75) is 51.2 Å². The normalized spacial score (nSPS) is 19.5. The highest BCUT2D eigenvalue weighted by Crippen LogP contribution is 2.40. The number of rotatable bonds is 3. The number of carbonyl (C=O) groups excluding carboxylic acids is 1. The minimum absolute atomic E-state index is 0.0752. The Morgan fingerprint density at radius 1 is 1.10 bits per heavy atom. The van der Waals surface area contributed by atoms with Crippen LogP contribution in [0.5, 0.6) is 0 Å². The summed E-state index contributed by atoms with van der Waals surface area (Å²) < 4.78 is 22.8. The molecule has 0 amide bonds. The molecule has 2 heterocycles. The summed E-state index contributed by atoms with van der Waals surface area (Å²) in [6.07, 6.45) is 5.01. The number of fused-ring (bicyclic) bond motifs is 3. The number of aromatic nitrogens is 2. The number of nitrogens with one attached hydrogen (secondary N) is 1. The molecular formula is C24H24FN3O2. The van der Waals surface area contributed by atoms with Crippen LogP contribution in [-0.2, 0) is 9.53 Å². The second-order valence-corrected chi connectivity index (χ2v) is 8.05. The van der Waals surface area contributed by atoms with Crippen molar-refractivity contribution in [2.75, 3.05) is 5.32 Å². The second kappa shape index (κ2) is 7.59. The third kappa shape index (κ3) is 3.16. The SMILES string of the molecule is CC1=C(C(=O)OC2CCCCC2)[C@H](c2ccccc2F)n2c(nc3ccccc32)N1. The molecule has 0 saturated heterocycles. The summed E-state index contributed by atoms with van der Waals surface area (Å²) in [5.41, 5.74) is 3.13. The van der Waals surface area contributed by atoms with Gasteiger partial charge in [-0.25, -0.2) is 14.2 Å². The first-order chi connectivity index (χ1) is 14.6. The van der Waals surface area contributed by atoms with Gasteiger partial charge >= 0.3 is 5.97 Å². The van der Waals surface area contributed by atoms with Crippen LogP contribution in [0.2, 0.25) is 0 Å². The third-order valence-electron chi connectivity index (χ3n) is 6.08. The number of carbonyl (C=O) groups is 1. The van der Waals surface area contributed by atoms with Crippen LogP contribution < -0.4 is 5.32 Å². The molecule has 0 radical (unpaired) electrons. The van der Waals surface area contributed by atoms with Crippen molar-refractivity contribution in [3.63, 3.8) is 0 Å². The van der Waals surface area contributed by atoms with E-state index in [1.807, 2.05) is 35.8 Å². The summed E-state index contributed by atoms with van der Waals surface area (Å²) >= 11 is 0. The van der Waals surface area contributed by atoms with Crippen LogP contribution in [0.25, 0.3) is 11.0 Å². The molecule has 0 bridgehead atoms. The van der Waals surface area contributed by atoms with Crippen molar-refractivity contribution in [3.05, 3.63) is 71.2 Å². The number of hydrogen-bond donors (Lipinski definition) is 1. The Morgan fingerprint density at radius 2 is 1.83 bits per heavy atom. The zero-order valence-corrected chi connectivity index (χ0v) is 16.9. The van der Waals surface area contributed by atoms with E-state index in [2.05, 4.69) is 10.3 Å². The number of benzene rings is 2. The molecule has 1 N–H and O–H groups in total. The molecule has 0 spiro atoms. The predicted octanol–water partition coefficient (Wildman–Crippen LogP) is 5.34. The Kier molecular flexibility index (Phi) is 4.77. The lowest BCUT2D eigenvalue weighted by molar-refractivity contribution is -0.146. The Labute approximate surface area is 174 Å². The van der Waals surface area contributed by atoms with Crippen LogP contribution >= 0.6 is 0 Å². The molecule has 6 heteroatoms. The number of anilines is 1. The van der Waals surface area contributed by atoms with Crippen molar-refractivity contribution in [2.24, 2.45) is 0 Å². The quantitative estimate of drug-likeness (QED) is 0.598. The van der Waals surface area contributed by atoms with E-state index in [1.54, 1.807) is 18.2 Å². The number of nitrogens with zero attached hydrogens (tertiary/aromatic N) is 2. The maximum Gasteiger partial charge on any atom is 0.338 e. The van der Waals surface area contributed by atoms with Gasteiger partial charge in [0.05, 0.1) is 22.6 Å². The van der Waals surface area contributed by atoms with Gasteiger partial charge in [-0.05, 0) is 50.8 Å². The van der Waals surface area contributed by atoms with E-state index in [0.717, 1.165) is 36.7 Å². The molecule has 1 atom stereocenters. The Bertz CT molecular complexity index is 1140. The van der Waals surface area contributed by atoms with Crippen molar-refractivity contribution < 1.29 is 13.9 Å². The predicted molar refractivity (Wildman–Crippen MR) is 114 cm³/mol. The number of esters is 1. The molecule has 1 aliphatic heterocycles. The molecule has 1 aromatic heterocycles. The smallest absolute Gasteiger partial charge is 0.338 e. The molecule has 154 valence electrons. The lowest BCUT2D eigenvalue weighted by atomic mass is 9.94. The van der Waals surface area contributed by atoms with Crippen LogP contribution in [0, 0.1) is 5.82 Å². The molecular weight excluding hydrogens is 381 g/mol. The van der Waals surface area contributed by atoms with Crippen molar-refractivity contribution in [3.8, 4) is 0 Å². The van der Waals surface area contributed by atoms with E-state index in [-0.39, 0.29) is 17.9 Å². The lowest BCUT2D eigenvalue weighted by Gasteiger charge is -2.31. The van der Waals surface area contributed by atoms with Crippen molar-refractivity contribution in [1.82, 2.24) is 9.55 Å². The highest BCUT2D eigenvalue weighted by Gasteiger charge is 2.37. The van der Waals surface area contributed by atoms with E-state index < -0.39 is 6.04 Å². The molecule has 1 aliphatic carbocycles. The Hall–Kier alpha value is -3.15. The number of ether oxygens (including phenoxy) is 1. The van der Waals surface area contributed by atoms with Crippen LogP contribution in [0.3, 0.4) is 0 Å². The topological polar surface area (TPSA) is 56.2 Å². The van der Waals surface area contributed by atoms with Crippen LogP contribution in [0.4, 0.5) is 10.3 Å². The maximum absolute atomic E-state index is 15.0. The number of imidazole rings is 1. The Balaban J connectivity index is 1.64. The van der Waals surface area contributed by atoms with E-state index >= 15 is 0 Å². The largest absolute Gasteiger partial charge is 0.459 e. The molecule has 2 aliphatic rings. The summed E-state index contributed by atoms with van der Waals surface area (Å²) in [5, 5.41) is 3.24. The van der Waals surface area contributed by atoms with Gasteiger partial charge in [-0.1, -0.05) is 36.8 Å². The van der Waals surface area contributed by atoms with Crippen LogP contribution in [-0.4, -0.2) is 21.6 Å². The zero-order chi connectivity index (χ0) is 20.7. The fourth-order valence-corrected chi connectivity index (χ4v) is 4.62. The highest BCUT2D eigenvalue weighted by atomic mass is 19.1. The molecule has 5 rings (SSSR count). The first kappa shape index (κ1) is 18.9. The fourth-order valence-electron chi connectivity index (χ4n) is 4.62. The molecule has 3 aromatic rings. The fraction of sp³-hybridized carbons (Fsp3) is 0.333. The van der Waals surface area contributed by atoms with Crippen LogP contribution in [0.15, 0.2) is 59.8 Å². The molecule has 5 nitrogen and oxygen atoms in total. The van der Waals surface area contributed by atoms with Crippen molar-refractivity contribution >= 4 is 23.0 Å². The number of halogens is 1. The third-order valence-corrected chi connectivity index (χ3v) is 6.08. The van der Waals surface area contributed by atoms with Gasteiger partial charge in [0, 0.05) is 11.3 Å². The minimum Gasteiger partial charge on any atom is -0.459 e. The number of hydrogen-bond acceptors (Lipinski definition) is 4. The summed E-state index contributed by atoms with van der Waals surface area (Å²) in [7, 11) is 0. The summed E-state index contributed by atoms with van der Waals surface area (Å²) in [6, 6.07) is 13.6. The van der Waals surface area contributed by atoms with Gasteiger partial charge in [-0.15, -0.1) is 0 Å². The first-order valence-electron chi connectivity index (χ1n) is 10.5. The van der Waals surface area contributed by atoms with E-state index in [9.17, 15) is 9.18 Å². The summed E-state index contributed by atoms with van der Waals surface area (Å²) in [6.45, 7) is 1.83. The number of para-hydroxylation sites is 2. The average Bonchev–Trinajstić information content (AvgIpc) is 3.11. The lowest BCUT2D eigenvalue weighted by Crippen LogP contribution is -2.31. The van der Waals surface area contributed by atoms with E-state index in [1.165, 1.54) is 12.5 Å². The standard InChI is InChI=1S/C24H24FN3O2/c1-15-21(23(29)30-16-9-3-2-4-10-16)22(17-11-5-6-12-18(17)25)28-20-14-8-7-13-19(20)27-24(28)26-15/h5-8,11-14,16,22H,2-4,9-10H2,1H3,(H,26,27)/t22-/m0/s1. The van der Waals surface area contributed by atoms with E-state index in [0.29, 0.717) is 22.8 Å². The first-order valence-corrected chi connectivity index (χ1v) is 10.5. The number of allylic oxidation sites excluding steroid dienone is 1. The summed E-state index contributed by atoms with van der Waals surface area (Å²) in [5.74, 6) is -0.149. The molecule has 2 aromatic carbocycles. The summed E-state index contributed by atoms with van der Waals surface area (Å²) in [4.78, 5) is 18.0. The van der Waals surface area contributed by atoms with E-state index in [4.69, 9.17) is 4.74 Å². The molecule has 1 saturated carbocycles. The minimum atomic E-state index is -0.647. The van der Waals surface area contributed by atoms with Crippen LogP contribution in [0.1, 0.15) is 50.6 Å². The molecule has 1 fully saturated rings. The maximum atomic E-state index is 15.0. The second-order valence-electron chi connectivity index (χ2n) is 8.05. The van der Waals surface area contributed by atoms with Gasteiger partial charge in [0.2, 0.25) is 5.95 Å². The van der Waals surface area contributed by atoms with Gasteiger partial charge in [-0.2, -0.15) is 0 Å². The van der Waals surface area contributed by atoms with Gasteiger partial charge in [0.25, 0.3) is 0 Å². The monoisotopic (exact) mass is 405 g/mol. The molecule has 0 unspecified atom stereocenters. The van der Waals surface area contributed by atoms with Gasteiger partial charge in [0.1, 0.15) is 11.9 Å². The highest BCUT2D eigenvalue weighted by molar-refractivity contribution is 5.94. The Morgan fingerprint density at radius 3 is 2.63 bits per heavy atom. The van der Waals surface area contributed by atoms with Gasteiger partial charge in [0.15, 0.2) is 0 Å². The molecule has 30 heavy (non-hydrogen) atoms.